The third kappa shape index (κ3) is 1.75. The number of carbonyl (C=O) groups is 3. The van der Waals surface area contributed by atoms with Gasteiger partial charge in [0.1, 0.15) is 11.6 Å². The van der Waals surface area contributed by atoms with Crippen LogP contribution in [0, 0.1) is 0 Å². The second kappa shape index (κ2) is 3.98. The van der Waals surface area contributed by atoms with Gasteiger partial charge in [-0.2, -0.15) is 0 Å². The molecule has 1 aliphatic carbocycles. The number of imide groups is 1. The minimum absolute atomic E-state index is 0.255. The van der Waals surface area contributed by atoms with E-state index < -0.39 is 11.6 Å². The van der Waals surface area contributed by atoms with E-state index in [0.29, 0.717) is 12.8 Å². The summed E-state index contributed by atoms with van der Waals surface area (Å²) in [5.74, 6) is -0.900. The van der Waals surface area contributed by atoms with Crippen molar-refractivity contribution in [2.75, 3.05) is 0 Å². The summed E-state index contributed by atoms with van der Waals surface area (Å²) in [6.45, 7) is 2.89. The highest BCUT2D eigenvalue weighted by atomic mass is 16.2. The van der Waals surface area contributed by atoms with E-state index in [0.717, 1.165) is 11.3 Å². The first-order valence-corrected chi connectivity index (χ1v) is 5.79. The van der Waals surface area contributed by atoms with E-state index in [1.165, 1.54) is 6.92 Å². The first kappa shape index (κ1) is 11.8. The van der Waals surface area contributed by atoms with E-state index in [1.54, 1.807) is 6.92 Å². The highest BCUT2D eigenvalue weighted by molar-refractivity contribution is 6.08. The molecule has 0 saturated carbocycles. The number of hydrogen-bond donors (Lipinski definition) is 1. The third-order valence-electron chi connectivity index (χ3n) is 3.47. The van der Waals surface area contributed by atoms with Crippen LogP contribution >= 0.6 is 0 Å². The van der Waals surface area contributed by atoms with E-state index in [2.05, 4.69) is 5.32 Å². The third-order valence-corrected chi connectivity index (χ3v) is 3.47. The van der Waals surface area contributed by atoms with Gasteiger partial charge in [0.05, 0.1) is 0 Å². The van der Waals surface area contributed by atoms with Gasteiger partial charge in [-0.1, -0.05) is 12.2 Å². The first-order chi connectivity index (χ1) is 7.98. The van der Waals surface area contributed by atoms with Gasteiger partial charge in [-0.05, 0) is 26.2 Å². The zero-order valence-electron chi connectivity index (χ0n) is 10.0. The summed E-state index contributed by atoms with van der Waals surface area (Å²) < 4.78 is 0. The number of hydrogen-bond acceptors (Lipinski definition) is 3. The molecule has 1 heterocycles. The average Bonchev–Trinajstić information content (AvgIpc) is 2.28. The number of amides is 3. The van der Waals surface area contributed by atoms with Crippen LogP contribution in [-0.2, 0) is 14.4 Å². The van der Waals surface area contributed by atoms with Crippen molar-refractivity contribution < 1.29 is 14.4 Å². The second-order valence-electron chi connectivity index (χ2n) is 4.66. The minimum atomic E-state index is -0.899. The lowest BCUT2D eigenvalue weighted by Crippen LogP contribution is -2.70. The highest BCUT2D eigenvalue weighted by Crippen LogP contribution is 2.30. The van der Waals surface area contributed by atoms with Crippen LogP contribution in [0.4, 0.5) is 0 Å². The van der Waals surface area contributed by atoms with Crippen LogP contribution in [-0.4, -0.2) is 34.2 Å². The molecule has 5 nitrogen and oxygen atoms in total. The molecule has 2 rings (SSSR count). The van der Waals surface area contributed by atoms with Crippen molar-refractivity contribution in [2.24, 2.45) is 0 Å². The van der Waals surface area contributed by atoms with Gasteiger partial charge < -0.3 is 5.32 Å². The van der Waals surface area contributed by atoms with Crippen LogP contribution in [0.2, 0.25) is 0 Å². The minimum Gasteiger partial charge on any atom is -0.340 e. The molecule has 0 aromatic rings. The van der Waals surface area contributed by atoms with E-state index in [-0.39, 0.29) is 17.7 Å². The van der Waals surface area contributed by atoms with Gasteiger partial charge in [-0.15, -0.1) is 0 Å². The molecule has 17 heavy (non-hydrogen) atoms. The number of carbonyl (C=O) groups excluding carboxylic acids is 3. The second-order valence-corrected chi connectivity index (χ2v) is 4.66. The van der Waals surface area contributed by atoms with Gasteiger partial charge in [-0.3, -0.25) is 19.3 Å². The fourth-order valence-corrected chi connectivity index (χ4v) is 2.48. The Labute approximate surface area is 99.8 Å². The van der Waals surface area contributed by atoms with Crippen LogP contribution < -0.4 is 5.32 Å². The molecule has 1 fully saturated rings. The molecule has 3 amide bonds. The van der Waals surface area contributed by atoms with Gasteiger partial charge in [0, 0.05) is 6.92 Å². The zero-order valence-corrected chi connectivity index (χ0v) is 10.0. The summed E-state index contributed by atoms with van der Waals surface area (Å²) >= 11 is 0. The molecule has 0 aromatic carbocycles. The van der Waals surface area contributed by atoms with Gasteiger partial charge in [0.15, 0.2) is 0 Å². The highest BCUT2D eigenvalue weighted by Gasteiger charge is 2.50. The average molecular weight is 236 g/mol. The van der Waals surface area contributed by atoms with Gasteiger partial charge in [0.2, 0.25) is 11.8 Å². The summed E-state index contributed by atoms with van der Waals surface area (Å²) in [5.41, 5.74) is -0.899. The molecule has 92 valence electrons. The smallest absolute Gasteiger partial charge is 0.255 e. The fourth-order valence-electron chi connectivity index (χ4n) is 2.48. The topological polar surface area (TPSA) is 66.5 Å². The monoisotopic (exact) mass is 236 g/mol. The lowest BCUT2D eigenvalue weighted by Gasteiger charge is -2.44. The van der Waals surface area contributed by atoms with Crippen molar-refractivity contribution in [3.63, 3.8) is 0 Å². The lowest BCUT2D eigenvalue weighted by atomic mass is 9.82. The molecule has 0 aromatic heterocycles. The number of nitrogens with one attached hydrogen (secondary N) is 1. The van der Waals surface area contributed by atoms with Crippen molar-refractivity contribution >= 4 is 17.7 Å². The van der Waals surface area contributed by atoms with Crippen LogP contribution in [0.25, 0.3) is 0 Å². The molecule has 0 radical (unpaired) electrons. The van der Waals surface area contributed by atoms with E-state index in [4.69, 9.17) is 0 Å². The number of nitrogens with zero attached hydrogens (tertiary/aromatic N) is 1. The summed E-state index contributed by atoms with van der Waals surface area (Å²) in [4.78, 5) is 36.8. The first-order valence-electron chi connectivity index (χ1n) is 5.79. The van der Waals surface area contributed by atoms with Crippen molar-refractivity contribution in [1.29, 1.82) is 0 Å². The van der Waals surface area contributed by atoms with Crippen molar-refractivity contribution in [3.05, 3.63) is 12.2 Å². The molecular formula is C12H16N2O3. The quantitative estimate of drug-likeness (QED) is 0.617. The normalized spacial score (nSPS) is 32.8. The maximum absolute atomic E-state index is 12.4. The van der Waals surface area contributed by atoms with Crippen LogP contribution in [0.15, 0.2) is 12.2 Å². The predicted molar refractivity (Wildman–Crippen MR) is 60.9 cm³/mol. The predicted octanol–water partition coefficient (Wildman–Crippen LogP) is 0.359. The molecule has 1 spiro atoms. The Bertz CT molecular complexity index is 416. The van der Waals surface area contributed by atoms with Crippen LogP contribution in [0.5, 0.6) is 0 Å². The Balaban J connectivity index is 2.37. The maximum atomic E-state index is 12.4. The van der Waals surface area contributed by atoms with Crippen molar-refractivity contribution in [2.45, 2.75) is 44.7 Å². The van der Waals surface area contributed by atoms with Crippen molar-refractivity contribution in [1.82, 2.24) is 10.2 Å². The summed E-state index contributed by atoms with van der Waals surface area (Å²) in [6.07, 6.45) is 5.64. The number of rotatable bonds is 0. The Morgan fingerprint density at radius 1 is 1.47 bits per heavy atom. The van der Waals surface area contributed by atoms with Gasteiger partial charge >= 0.3 is 0 Å². The summed E-state index contributed by atoms with van der Waals surface area (Å²) in [6, 6.07) is -0.712. The van der Waals surface area contributed by atoms with Gasteiger partial charge in [0.25, 0.3) is 5.91 Å². The van der Waals surface area contributed by atoms with Crippen LogP contribution in [0.3, 0.4) is 0 Å². The Hall–Kier alpha value is -1.65. The lowest BCUT2D eigenvalue weighted by molar-refractivity contribution is -0.161. The Morgan fingerprint density at radius 2 is 2.18 bits per heavy atom. The summed E-state index contributed by atoms with van der Waals surface area (Å²) in [5, 5.41) is 2.78. The molecule has 1 aliphatic heterocycles. The Morgan fingerprint density at radius 3 is 2.71 bits per heavy atom. The molecule has 2 atom stereocenters. The van der Waals surface area contributed by atoms with E-state index >= 15 is 0 Å². The Kier molecular flexibility index (Phi) is 2.77. The molecule has 2 aliphatic rings. The SMILES string of the molecule is CC(=O)N1C(=O)C2(CC=CCC2)NC(=O)C1C. The number of allylic oxidation sites excluding steroid dienone is 1. The van der Waals surface area contributed by atoms with Crippen LogP contribution in [0.1, 0.15) is 33.1 Å². The standard InChI is InChI=1S/C12H16N2O3/c1-8-10(16)13-12(6-4-3-5-7-12)11(17)14(8)9(2)15/h3-4,8H,5-7H2,1-2H3,(H,13,16). The fraction of sp³-hybridized carbons (Fsp3) is 0.583. The maximum Gasteiger partial charge on any atom is 0.255 e. The molecule has 1 saturated heterocycles. The molecular weight excluding hydrogens is 220 g/mol. The van der Waals surface area contributed by atoms with E-state index in [9.17, 15) is 14.4 Å². The zero-order chi connectivity index (χ0) is 12.6. The van der Waals surface area contributed by atoms with Crippen molar-refractivity contribution in [3.8, 4) is 0 Å². The summed E-state index contributed by atoms with van der Waals surface area (Å²) in [7, 11) is 0. The molecule has 5 heteroatoms. The van der Waals surface area contributed by atoms with Gasteiger partial charge in [-0.25, -0.2) is 0 Å². The van der Waals surface area contributed by atoms with E-state index in [1.807, 2.05) is 12.2 Å². The largest absolute Gasteiger partial charge is 0.340 e. The molecule has 1 N–H and O–H groups in total. The number of piperazine rings is 1. The molecule has 0 bridgehead atoms. The molecule has 2 unspecified atom stereocenters.